The number of rotatable bonds is 1. The summed E-state index contributed by atoms with van der Waals surface area (Å²) in [5.41, 5.74) is 10.6. The van der Waals surface area contributed by atoms with Crippen LogP contribution in [0.2, 0.25) is 0 Å². The summed E-state index contributed by atoms with van der Waals surface area (Å²) in [6.07, 6.45) is 0. The van der Waals surface area contributed by atoms with Gasteiger partial charge in [-0.3, -0.25) is 0 Å². The van der Waals surface area contributed by atoms with E-state index in [-0.39, 0.29) is 0 Å². The number of hydrogen-bond acceptors (Lipinski definition) is 1. The maximum absolute atomic E-state index is 5.79. The minimum atomic E-state index is 0.587. The minimum absolute atomic E-state index is 0.587. The van der Waals surface area contributed by atoms with Crippen LogP contribution in [0.15, 0.2) is 12.1 Å². The normalized spacial score (nSPS) is 10.8. The third-order valence-corrected chi connectivity index (χ3v) is 2.28. The second-order valence-corrected chi connectivity index (χ2v) is 3.72. The Morgan fingerprint density at radius 3 is 2.17 bits per heavy atom. The summed E-state index contributed by atoms with van der Waals surface area (Å²) in [4.78, 5) is 0. The zero-order valence-corrected chi connectivity index (χ0v) is 8.31. The maximum Gasteiger partial charge on any atom is 0.0346 e. The number of anilines is 1. The molecule has 0 spiro atoms. The van der Waals surface area contributed by atoms with Gasteiger partial charge in [-0.15, -0.1) is 0 Å². The van der Waals surface area contributed by atoms with Gasteiger partial charge >= 0.3 is 0 Å². The first-order chi connectivity index (χ1) is 5.52. The molecule has 12 heavy (non-hydrogen) atoms. The third-order valence-electron chi connectivity index (χ3n) is 2.28. The van der Waals surface area contributed by atoms with E-state index >= 15 is 0 Å². The van der Waals surface area contributed by atoms with Gasteiger partial charge in [-0.1, -0.05) is 19.9 Å². The molecule has 0 atom stereocenters. The number of aryl methyl sites for hydroxylation is 2. The first-order valence-corrected chi connectivity index (χ1v) is 4.39. The maximum atomic E-state index is 5.79. The fraction of sp³-hybridized carbons (Fsp3) is 0.455. The summed E-state index contributed by atoms with van der Waals surface area (Å²) in [5, 5.41) is 0. The van der Waals surface area contributed by atoms with Crippen LogP contribution in [-0.4, -0.2) is 0 Å². The van der Waals surface area contributed by atoms with E-state index in [2.05, 4.69) is 39.8 Å². The predicted octanol–water partition coefficient (Wildman–Crippen LogP) is 3.01. The van der Waals surface area contributed by atoms with Crippen LogP contribution in [0.4, 0.5) is 5.69 Å². The summed E-state index contributed by atoms with van der Waals surface area (Å²) in [6.45, 7) is 8.59. The Hall–Kier alpha value is -0.980. The average Bonchev–Trinajstić information content (AvgIpc) is 1.96. The molecule has 1 heteroatoms. The molecule has 1 aromatic rings. The van der Waals surface area contributed by atoms with E-state index < -0.39 is 0 Å². The van der Waals surface area contributed by atoms with E-state index in [1.807, 2.05) is 0 Å². The van der Waals surface area contributed by atoms with Crippen LogP contribution in [0.25, 0.3) is 0 Å². The second-order valence-electron chi connectivity index (χ2n) is 3.72. The summed E-state index contributed by atoms with van der Waals surface area (Å²) in [5.74, 6) is 0.587. The lowest BCUT2D eigenvalue weighted by Crippen LogP contribution is -1.97. The van der Waals surface area contributed by atoms with Gasteiger partial charge in [0.2, 0.25) is 0 Å². The molecule has 0 fully saturated rings. The quantitative estimate of drug-likeness (QED) is 0.633. The Kier molecular flexibility index (Phi) is 2.41. The highest BCUT2D eigenvalue weighted by molar-refractivity contribution is 5.51. The Bertz CT molecular complexity index is 287. The van der Waals surface area contributed by atoms with E-state index in [1.165, 1.54) is 16.7 Å². The number of hydrogen-bond donors (Lipinski definition) is 1. The van der Waals surface area contributed by atoms with Crippen LogP contribution in [0, 0.1) is 13.8 Å². The molecule has 0 aliphatic heterocycles. The molecular formula is C11H17N. The SMILES string of the molecule is Cc1cc(C(C)C)c(C)cc1N. The topological polar surface area (TPSA) is 26.0 Å². The number of nitrogens with two attached hydrogens (primary N) is 1. The van der Waals surface area contributed by atoms with Gasteiger partial charge in [0.1, 0.15) is 0 Å². The van der Waals surface area contributed by atoms with E-state index in [0.717, 1.165) is 5.69 Å². The largest absolute Gasteiger partial charge is 0.399 e. The third kappa shape index (κ3) is 1.60. The fourth-order valence-corrected chi connectivity index (χ4v) is 1.48. The van der Waals surface area contributed by atoms with Gasteiger partial charge in [0.25, 0.3) is 0 Å². The first-order valence-electron chi connectivity index (χ1n) is 4.39. The van der Waals surface area contributed by atoms with Crippen molar-refractivity contribution < 1.29 is 0 Å². The number of benzene rings is 1. The summed E-state index contributed by atoms with van der Waals surface area (Å²) >= 11 is 0. The standard InChI is InChI=1S/C11H17N/c1-7(2)10-5-9(4)11(12)6-8(10)3/h5-7H,12H2,1-4H3. The van der Waals surface area contributed by atoms with Crippen molar-refractivity contribution >= 4 is 5.69 Å². The molecule has 0 amide bonds. The van der Waals surface area contributed by atoms with Crippen molar-refractivity contribution in [3.8, 4) is 0 Å². The van der Waals surface area contributed by atoms with Crippen LogP contribution in [-0.2, 0) is 0 Å². The van der Waals surface area contributed by atoms with Crippen molar-refractivity contribution in [1.29, 1.82) is 0 Å². The molecule has 1 aromatic carbocycles. The van der Waals surface area contributed by atoms with Crippen molar-refractivity contribution in [3.63, 3.8) is 0 Å². The van der Waals surface area contributed by atoms with Gasteiger partial charge in [0.05, 0.1) is 0 Å². The molecule has 0 heterocycles. The zero-order valence-electron chi connectivity index (χ0n) is 8.31. The van der Waals surface area contributed by atoms with Gasteiger partial charge in [-0.2, -0.15) is 0 Å². The molecule has 2 N–H and O–H groups in total. The first kappa shape index (κ1) is 9.11. The molecule has 1 rings (SSSR count). The molecule has 66 valence electrons. The molecule has 0 unspecified atom stereocenters. The van der Waals surface area contributed by atoms with Crippen molar-refractivity contribution in [2.45, 2.75) is 33.6 Å². The summed E-state index contributed by atoms with van der Waals surface area (Å²) < 4.78 is 0. The van der Waals surface area contributed by atoms with Crippen molar-refractivity contribution in [3.05, 3.63) is 28.8 Å². The van der Waals surface area contributed by atoms with Crippen LogP contribution < -0.4 is 5.73 Å². The lowest BCUT2D eigenvalue weighted by molar-refractivity contribution is 0.855. The van der Waals surface area contributed by atoms with Gasteiger partial charge in [-0.05, 0) is 42.5 Å². The van der Waals surface area contributed by atoms with Crippen LogP contribution in [0.3, 0.4) is 0 Å². The molecule has 0 aromatic heterocycles. The highest BCUT2D eigenvalue weighted by atomic mass is 14.6. The molecule has 0 saturated carbocycles. The number of nitrogen functional groups attached to an aromatic ring is 1. The van der Waals surface area contributed by atoms with Crippen molar-refractivity contribution in [2.75, 3.05) is 5.73 Å². The van der Waals surface area contributed by atoms with Crippen LogP contribution in [0.1, 0.15) is 36.5 Å². The lowest BCUT2D eigenvalue weighted by atomic mass is 9.95. The lowest BCUT2D eigenvalue weighted by Gasteiger charge is -2.12. The predicted molar refractivity (Wildman–Crippen MR) is 54.4 cm³/mol. The minimum Gasteiger partial charge on any atom is -0.399 e. The van der Waals surface area contributed by atoms with Crippen LogP contribution in [0.5, 0.6) is 0 Å². The Labute approximate surface area is 74.6 Å². The highest BCUT2D eigenvalue weighted by Gasteiger charge is 2.04. The smallest absolute Gasteiger partial charge is 0.0346 e. The van der Waals surface area contributed by atoms with E-state index in [1.54, 1.807) is 0 Å². The molecule has 0 radical (unpaired) electrons. The Morgan fingerprint density at radius 2 is 1.67 bits per heavy atom. The zero-order chi connectivity index (χ0) is 9.30. The summed E-state index contributed by atoms with van der Waals surface area (Å²) in [6, 6.07) is 4.25. The van der Waals surface area contributed by atoms with E-state index in [0.29, 0.717) is 5.92 Å². The van der Waals surface area contributed by atoms with Gasteiger partial charge in [0, 0.05) is 5.69 Å². The second kappa shape index (κ2) is 3.18. The Balaban J connectivity index is 3.23. The van der Waals surface area contributed by atoms with Gasteiger partial charge < -0.3 is 5.73 Å². The highest BCUT2D eigenvalue weighted by Crippen LogP contribution is 2.23. The summed E-state index contributed by atoms with van der Waals surface area (Å²) in [7, 11) is 0. The molecule has 0 aliphatic rings. The van der Waals surface area contributed by atoms with Gasteiger partial charge in [0.15, 0.2) is 0 Å². The molecule has 1 nitrogen and oxygen atoms in total. The average molecular weight is 163 g/mol. The van der Waals surface area contributed by atoms with E-state index in [9.17, 15) is 0 Å². The fourth-order valence-electron chi connectivity index (χ4n) is 1.48. The molecule has 0 bridgehead atoms. The molecule has 0 aliphatic carbocycles. The molecule has 0 saturated heterocycles. The van der Waals surface area contributed by atoms with Crippen molar-refractivity contribution in [2.24, 2.45) is 0 Å². The van der Waals surface area contributed by atoms with Gasteiger partial charge in [-0.25, -0.2) is 0 Å². The molecular weight excluding hydrogens is 146 g/mol. The van der Waals surface area contributed by atoms with E-state index in [4.69, 9.17) is 5.73 Å². The Morgan fingerprint density at radius 1 is 1.08 bits per heavy atom. The van der Waals surface area contributed by atoms with Crippen LogP contribution >= 0.6 is 0 Å². The monoisotopic (exact) mass is 163 g/mol. The van der Waals surface area contributed by atoms with Crippen molar-refractivity contribution in [1.82, 2.24) is 0 Å².